The topological polar surface area (TPSA) is 71.7 Å². The second kappa shape index (κ2) is 7.14. The van der Waals surface area contributed by atoms with Crippen LogP contribution in [0.2, 0.25) is 0 Å². The van der Waals surface area contributed by atoms with Gasteiger partial charge in [0, 0.05) is 6.61 Å². The maximum Gasteiger partial charge on any atom is 0.425 e. The predicted octanol–water partition coefficient (Wildman–Crippen LogP) is 2.80. The van der Waals surface area contributed by atoms with E-state index in [-0.39, 0.29) is 17.9 Å². The van der Waals surface area contributed by atoms with E-state index in [0.29, 0.717) is 13.0 Å². The first-order valence-corrected chi connectivity index (χ1v) is 7.94. The van der Waals surface area contributed by atoms with E-state index in [4.69, 9.17) is 9.15 Å². The lowest BCUT2D eigenvalue weighted by molar-refractivity contribution is -0.273. The molecule has 24 heavy (non-hydrogen) atoms. The molecule has 1 fully saturated rings. The molecule has 0 radical (unpaired) electrons. The number of hydrogen-bond donors (Lipinski definition) is 2. The predicted molar refractivity (Wildman–Crippen MR) is 79.2 cm³/mol. The quantitative estimate of drug-likeness (QED) is 0.828. The summed E-state index contributed by atoms with van der Waals surface area (Å²) in [7, 11) is 0. The Morgan fingerprint density at radius 2 is 2.17 bits per heavy atom. The van der Waals surface area contributed by atoms with Gasteiger partial charge >= 0.3 is 6.18 Å². The van der Waals surface area contributed by atoms with Crippen molar-refractivity contribution in [2.24, 2.45) is 0 Å². The zero-order chi connectivity index (χ0) is 18.0. The first kappa shape index (κ1) is 18.8. The van der Waals surface area contributed by atoms with Crippen LogP contribution in [0.15, 0.2) is 16.5 Å². The van der Waals surface area contributed by atoms with Crippen molar-refractivity contribution < 1.29 is 32.2 Å². The van der Waals surface area contributed by atoms with Crippen LogP contribution in [-0.2, 0) is 15.1 Å². The molecule has 0 aliphatic carbocycles. The standard InChI is InChI=1S/C16H22F3NO4/c1-3-11(12-5-4-8-23-12)20-14(21)9-15(22,16(17,18)19)13-7-6-10(2)24-13/h6-7,11-12,22H,3-5,8-9H2,1-2H3,(H,20,21). The highest BCUT2D eigenvalue weighted by molar-refractivity contribution is 5.77. The molecular weight excluding hydrogens is 327 g/mol. The molecule has 1 aliphatic rings. The van der Waals surface area contributed by atoms with Crippen LogP contribution < -0.4 is 5.32 Å². The van der Waals surface area contributed by atoms with Crippen LogP contribution in [0.1, 0.15) is 44.1 Å². The molecule has 1 aliphatic heterocycles. The number of aryl methyl sites for hydroxylation is 1. The molecule has 0 aromatic carbocycles. The summed E-state index contributed by atoms with van der Waals surface area (Å²) >= 11 is 0. The van der Waals surface area contributed by atoms with E-state index >= 15 is 0 Å². The normalized spacial score (nSPS) is 22.2. The van der Waals surface area contributed by atoms with Gasteiger partial charge in [0.05, 0.1) is 18.6 Å². The molecule has 1 aromatic rings. The van der Waals surface area contributed by atoms with E-state index in [9.17, 15) is 23.1 Å². The average Bonchev–Trinajstić information content (AvgIpc) is 3.14. The molecule has 1 saturated heterocycles. The average molecular weight is 349 g/mol. The molecule has 8 heteroatoms. The number of rotatable bonds is 6. The summed E-state index contributed by atoms with van der Waals surface area (Å²) in [6.45, 7) is 3.86. The molecule has 3 atom stereocenters. The van der Waals surface area contributed by atoms with Gasteiger partial charge in [0.25, 0.3) is 0 Å². The van der Waals surface area contributed by atoms with E-state index in [0.717, 1.165) is 18.9 Å². The van der Waals surface area contributed by atoms with Crippen molar-refractivity contribution in [1.29, 1.82) is 0 Å². The van der Waals surface area contributed by atoms with Gasteiger partial charge in [-0.25, -0.2) is 0 Å². The van der Waals surface area contributed by atoms with Crippen molar-refractivity contribution in [2.75, 3.05) is 6.61 Å². The summed E-state index contributed by atoms with van der Waals surface area (Å²) in [5.41, 5.74) is -3.36. The minimum Gasteiger partial charge on any atom is -0.463 e. The molecule has 0 spiro atoms. The number of halogens is 3. The Morgan fingerprint density at radius 1 is 1.46 bits per heavy atom. The number of alkyl halides is 3. The number of aliphatic hydroxyl groups is 1. The molecule has 2 rings (SSSR count). The zero-order valence-corrected chi connectivity index (χ0v) is 13.7. The third kappa shape index (κ3) is 3.92. The first-order chi connectivity index (χ1) is 11.2. The summed E-state index contributed by atoms with van der Waals surface area (Å²) in [5.74, 6) is -1.36. The SMILES string of the molecule is CCC(NC(=O)CC(O)(c1ccc(C)o1)C(F)(F)F)C1CCCO1. The smallest absolute Gasteiger partial charge is 0.425 e. The van der Waals surface area contributed by atoms with Crippen molar-refractivity contribution in [3.05, 3.63) is 23.7 Å². The highest BCUT2D eigenvalue weighted by Crippen LogP contribution is 2.42. The molecule has 1 amide bonds. The van der Waals surface area contributed by atoms with Crippen LogP contribution in [0.5, 0.6) is 0 Å². The Morgan fingerprint density at radius 3 is 2.62 bits per heavy atom. The molecule has 0 bridgehead atoms. The summed E-state index contributed by atoms with van der Waals surface area (Å²) in [6.07, 6.45) is -4.27. The molecule has 2 N–H and O–H groups in total. The fraction of sp³-hybridized carbons (Fsp3) is 0.688. The second-order valence-electron chi connectivity index (χ2n) is 6.08. The second-order valence-corrected chi connectivity index (χ2v) is 6.08. The Kier molecular flexibility index (Phi) is 5.59. The molecular formula is C16H22F3NO4. The number of furan rings is 1. The lowest BCUT2D eigenvalue weighted by Crippen LogP contribution is -2.49. The largest absolute Gasteiger partial charge is 0.463 e. The number of amides is 1. The third-order valence-electron chi connectivity index (χ3n) is 4.23. The molecule has 1 aromatic heterocycles. The van der Waals surface area contributed by atoms with Gasteiger partial charge in [-0.1, -0.05) is 6.92 Å². The van der Waals surface area contributed by atoms with Gasteiger partial charge in [0.1, 0.15) is 11.5 Å². The van der Waals surface area contributed by atoms with Crippen LogP contribution in [0.4, 0.5) is 13.2 Å². The minimum atomic E-state index is -5.04. The van der Waals surface area contributed by atoms with Crippen LogP contribution in [-0.4, -0.2) is 35.9 Å². The van der Waals surface area contributed by atoms with Crippen molar-refractivity contribution in [3.8, 4) is 0 Å². The van der Waals surface area contributed by atoms with Gasteiger partial charge in [-0.15, -0.1) is 0 Å². The highest BCUT2D eigenvalue weighted by Gasteiger charge is 2.58. The molecule has 136 valence electrons. The van der Waals surface area contributed by atoms with E-state index in [1.165, 1.54) is 13.0 Å². The van der Waals surface area contributed by atoms with E-state index in [1.54, 1.807) is 0 Å². The Hall–Kier alpha value is -1.54. The van der Waals surface area contributed by atoms with Crippen LogP contribution >= 0.6 is 0 Å². The fourth-order valence-corrected chi connectivity index (χ4v) is 2.85. The van der Waals surface area contributed by atoms with Crippen LogP contribution in [0.25, 0.3) is 0 Å². The number of ether oxygens (including phenoxy) is 1. The van der Waals surface area contributed by atoms with Gasteiger partial charge < -0.3 is 19.6 Å². The first-order valence-electron chi connectivity index (χ1n) is 7.94. The number of nitrogens with one attached hydrogen (secondary N) is 1. The van der Waals surface area contributed by atoms with Crippen molar-refractivity contribution >= 4 is 5.91 Å². The number of carbonyl (C=O) groups is 1. The number of hydrogen-bond acceptors (Lipinski definition) is 4. The van der Waals surface area contributed by atoms with E-state index in [1.807, 2.05) is 6.92 Å². The summed E-state index contributed by atoms with van der Waals surface area (Å²) in [4.78, 5) is 12.1. The van der Waals surface area contributed by atoms with E-state index in [2.05, 4.69) is 5.32 Å². The van der Waals surface area contributed by atoms with Crippen molar-refractivity contribution in [3.63, 3.8) is 0 Å². The van der Waals surface area contributed by atoms with Crippen molar-refractivity contribution in [1.82, 2.24) is 5.32 Å². The molecule has 3 unspecified atom stereocenters. The fourth-order valence-electron chi connectivity index (χ4n) is 2.85. The lowest BCUT2D eigenvalue weighted by atomic mass is 9.94. The zero-order valence-electron chi connectivity index (χ0n) is 13.7. The maximum atomic E-state index is 13.4. The minimum absolute atomic E-state index is 0.205. The van der Waals surface area contributed by atoms with Crippen molar-refractivity contribution in [2.45, 2.75) is 63.5 Å². The Bertz CT molecular complexity index is 566. The highest BCUT2D eigenvalue weighted by atomic mass is 19.4. The maximum absolute atomic E-state index is 13.4. The summed E-state index contributed by atoms with van der Waals surface area (Å²) in [6, 6.07) is 1.97. The monoisotopic (exact) mass is 349 g/mol. The summed E-state index contributed by atoms with van der Waals surface area (Å²) in [5, 5.41) is 12.7. The third-order valence-corrected chi connectivity index (χ3v) is 4.23. The van der Waals surface area contributed by atoms with Gasteiger partial charge in [-0.05, 0) is 38.3 Å². The van der Waals surface area contributed by atoms with Gasteiger partial charge in [0.15, 0.2) is 0 Å². The van der Waals surface area contributed by atoms with Gasteiger partial charge in [0.2, 0.25) is 11.5 Å². The Balaban J connectivity index is 2.13. The lowest BCUT2D eigenvalue weighted by Gasteiger charge is -2.29. The van der Waals surface area contributed by atoms with Gasteiger partial charge in [-0.3, -0.25) is 4.79 Å². The molecule has 0 saturated carbocycles. The Labute approximate surface area is 138 Å². The van der Waals surface area contributed by atoms with Gasteiger partial charge in [-0.2, -0.15) is 13.2 Å². The molecule has 2 heterocycles. The van der Waals surface area contributed by atoms with Crippen LogP contribution in [0, 0.1) is 6.92 Å². The molecule has 5 nitrogen and oxygen atoms in total. The summed E-state index contributed by atoms with van der Waals surface area (Å²) < 4.78 is 50.5. The number of carbonyl (C=O) groups excluding carboxylic acids is 1. The van der Waals surface area contributed by atoms with Crippen LogP contribution in [0.3, 0.4) is 0 Å². The van der Waals surface area contributed by atoms with E-state index < -0.39 is 29.9 Å².